The van der Waals surface area contributed by atoms with Crippen LogP contribution in [-0.2, 0) is 0 Å². The summed E-state index contributed by atoms with van der Waals surface area (Å²) < 4.78 is 67.7. The fourth-order valence-electron chi connectivity index (χ4n) is 2.25. The smallest absolute Gasteiger partial charge is 0.426 e. The van der Waals surface area contributed by atoms with Crippen molar-refractivity contribution in [3.63, 3.8) is 0 Å². The largest absolute Gasteiger partial charge is 0.499 e. The van der Waals surface area contributed by atoms with E-state index >= 15 is 0 Å². The monoisotopic (exact) mass is 425 g/mol. The van der Waals surface area contributed by atoms with E-state index in [1.54, 1.807) is 37.3 Å². The first-order chi connectivity index (χ1) is 14.0. The first kappa shape index (κ1) is 22.6. The van der Waals surface area contributed by atoms with Gasteiger partial charge in [0.1, 0.15) is 11.6 Å². The Balaban J connectivity index is 0.00000101. The van der Waals surface area contributed by atoms with Gasteiger partial charge in [-0.2, -0.15) is 27.2 Å². The fourth-order valence-corrected chi connectivity index (χ4v) is 2.25. The molecule has 2 aromatic carbocycles. The van der Waals surface area contributed by atoms with E-state index in [1.807, 2.05) is 0 Å². The molecule has 6 nitrogen and oxygen atoms in total. The third-order valence-corrected chi connectivity index (χ3v) is 3.60. The van der Waals surface area contributed by atoms with E-state index < -0.39 is 18.0 Å². The first-order valence-corrected chi connectivity index (χ1v) is 8.33. The van der Waals surface area contributed by atoms with Crippen LogP contribution < -0.4 is 10.5 Å². The van der Waals surface area contributed by atoms with Crippen LogP contribution >= 0.6 is 0 Å². The molecule has 1 heterocycles. The van der Waals surface area contributed by atoms with Crippen molar-refractivity contribution in [2.24, 2.45) is 0 Å². The molecule has 0 fully saturated rings. The molecular formula is C19H16F5N5O. The summed E-state index contributed by atoms with van der Waals surface area (Å²) in [6.45, 7) is 3.11. The molecule has 0 unspecified atom stereocenters. The van der Waals surface area contributed by atoms with Gasteiger partial charge in [-0.3, -0.25) is 0 Å². The predicted octanol–water partition coefficient (Wildman–Crippen LogP) is 4.89. The van der Waals surface area contributed by atoms with Gasteiger partial charge in [-0.05, 0) is 55.5 Å². The molecule has 0 spiro atoms. The van der Waals surface area contributed by atoms with Crippen molar-refractivity contribution < 1.29 is 26.7 Å². The maximum absolute atomic E-state index is 12.9. The number of alkyl halides is 5. The number of ether oxygens (including phenoxy) is 1. The normalized spacial score (nSPS) is 11.3. The highest BCUT2D eigenvalue weighted by atomic mass is 19.4. The minimum absolute atomic E-state index is 0.413. The van der Waals surface area contributed by atoms with Crippen molar-refractivity contribution >= 4 is 5.69 Å². The number of nitrogens with two attached hydrogens (primary N) is 1. The average molecular weight is 425 g/mol. The van der Waals surface area contributed by atoms with E-state index in [0.29, 0.717) is 23.0 Å². The van der Waals surface area contributed by atoms with E-state index in [2.05, 4.69) is 14.8 Å². The third kappa shape index (κ3) is 5.22. The number of benzene rings is 2. The van der Waals surface area contributed by atoms with E-state index in [4.69, 9.17) is 11.0 Å². The number of anilines is 1. The summed E-state index contributed by atoms with van der Waals surface area (Å²) in [4.78, 5) is 4.31. The van der Waals surface area contributed by atoms with Crippen LogP contribution in [0.15, 0.2) is 48.5 Å². The molecule has 0 amide bonds. The topological polar surface area (TPSA) is 89.8 Å². The van der Waals surface area contributed by atoms with Gasteiger partial charge < -0.3 is 10.5 Å². The zero-order valence-corrected chi connectivity index (χ0v) is 15.8. The van der Waals surface area contributed by atoms with Crippen LogP contribution in [0.2, 0.25) is 0 Å². The van der Waals surface area contributed by atoms with Crippen LogP contribution in [0.25, 0.3) is 17.1 Å². The van der Waals surface area contributed by atoms with Crippen LogP contribution in [0.4, 0.5) is 27.6 Å². The maximum Gasteiger partial charge on any atom is 0.499 e. The van der Waals surface area contributed by atoms with Gasteiger partial charge in [-0.1, -0.05) is 0 Å². The molecule has 2 N–H and O–H groups in total. The number of hydrogen-bond acceptors (Lipinski definition) is 5. The lowest BCUT2D eigenvalue weighted by Gasteiger charge is -2.20. The molecule has 0 bridgehead atoms. The average Bonchev–Trinajstić information content (AvgIpc) is 3.04. The molecule has 3 rings (SSSR count). The summed E-state index contributed by atoms with van der Waals surface area (Å²) in [6.07, 6.45) is -11.1. The summed E-state index contributed by atoms with van der Waals surface area (Å²) >= 11 is 0. The number of aryl methyl sites for hydroxylation is 1. The van der Waals surface area contributed by atoms with Gasteiger partial charge in [0.2, 0.25) is 0 Å². The van der Waals surface area contributed by atoms with Crippen molar-refractivity contribution in [3.05, 3.63) is 54.4 Å². The summed E-state index contributed by atoms with van der Waals surface area (Å²) in [7, 11) is 0. The van der Waals surface area contributed by atoms with Crippen molar-refractivity contribution in [2.75, 3.05) is 5.73 Å². The highest BCUT2D eigenvalue weighted by Crippen LogP contribution is 2.37. The Bertz CT molecular complexity index is 1020. The molecule has 0 aliphatic rings. The van der Waals surface area contributed by atoms with Gasteiger partial charge in [0.15, 0.2) is 5.82 Å². The summed E-state index contributed by atoms with van der Waals surface area (Å²) in [5.74, 6) is 0.283. The van der Waals surface area contributed by atoms with Gasteiger partial charge in [0, 0.05) is 18.2 Å². The maximum atomic E-state index is 12.9. The number of nitrogen functional groups attached to an aromatic ring is 1. The molecule has 158 valence electrons. The zero-order valence-electron chi connectivity index (χ0n) is 15.8. The number of halogens is 5. The highest BCUT2D eigenvalue weighted by molar-refractivity contribution is 5.58. The van der Waals surface area contributed by atoms with Crippen molar-refractivity contribution in [3.8, 4) is 28.9 Å². The first-order valence-electron chi connectivity index (χ1n) is 8.33. The second kappa shape index (κ2) is 8.77. The summed E-state index contributed by atoms with van der Waals surface area (Å²) in [5.41, 5.74) is 7.36. The molecule has 1 aromatic heterocycles. The minimum Gasteiger partial charge on any atom is -0.426 e. The molecule has 3 aromatic rings. The van der Waals surface area contributed by atoms with Crippen LogP contribution in [0.3, 0.4) is 0 Å². The Kier molecular flexibility index (Phi) is 6.61. The fraction of sp³-hybridized carbons (Fsp3) is 0.211. The lowest BCUT2D eigenvalue weighted by molar-refractivity contribution is -0.360. The molecule has 0 saturated heterocycles. The Morgan fingerprint density at radius 3 is 2.03 bits per heavy atom. The van der Waals surface area contributed by atoms with Crippen LogP contribution in [0, 0.1) is 18.3 Å². The van der Waals surface area contributed by atoms with E-state index in [0.717, 1.165) is 17.7 Å². The number of aromatic nitrogens is 3. The molecule has 0 radical (unpaired) electrons. The quantitative estimate of drug-likeness (QED) is 0.475. The molecule has 0 saturated carbocycles. The van der Waals surface area contributed by atoms with Gasteiger partial charge in [0.25, 0.3) is 0 Å². The molecule has 0 aliphatic carbocycles. The minimum atomic E-state index is -5.80. The SMILES string of the molecule is CC#N.Cc1nc(-c2ccc(N)cc2)nn1-c1ccc(OC(F)(F)C(F)(F)F)cc1. The van der Waals surface area contributed by atoms with Gasteiger partial charge >= 0.3 is 12.3 Å². The predicted molar refractivity (Wildman–Crippen MR) is 98.9 cm³/mol. The third-order valence-electron chi connectivity index (χ3n) is 3.60. The Morgan fingerprint density at radius 1 is 1.00 bits per heavy atom. The van der Waals surface area contributed by atoms with Crippen LogP contribution in [-0.4, -0.2) is 27.0 Å². The van der Waals surface area contributed by atoms with Gasteiger partial charge in [0.05, 0.1) is 11.8 Å². The second-order valence-corrected chi connectivity index (χ2v) is 5.85. The van der Waals surface area contributed by atoms with E-state index in [1.165, 1.54) is 23.7 Å². The molecule has 0 atom stereocenters. The molecule has 30 heavy (non-hydrogen) atoms. The number of rotatable bonds is 4. The van der Waals surface area contributed by atoms with Crippen molar-refractivity contribution in [2.45, 2.75) is 26.1 Å². The van der Waals surface area contributed by atoms with E-state index in [9.17, 15) is 22.0 Å². The Labute approximate surface area is 168 Å². The number of nitriles is 1. The molecular weight excluding hydrogens is 409 g/mol. The zero-order chi connectivity index (χ0) is 22.5. The number of hydrogen-bond donors (Lipinski definition) is 1. The standard InChI is InChI=1S/C17H13F5N4O.C2H3N/c1-10-24-15(11-2-4-12(23)5-3-11)25-26(10)13-6-8-14(9-7-13)27-17(21,22)16(18,19)20;1-2-3/h2-9H,23H2,1H3;1H3. The molecule has 0 aliphatic heterocycles. The van der Waals surface area contributed by atoms with Crippen LogP contribution in [0.5, 0.6) is 5.75 Å². The highest BCUT2D eigenvalue weighted by Gasteiger charge is 2.61. The summed E-state index contributed by atoms with van der Waals surface area (Å²) in [5, 5.41) is 11.6. The molecule has 11 heteroatoms. The number of nitrogens with zero attached hydrogens (tertiary/aromatic N) is 4. The lowest BCUT2D eigenvalue weighted by atomic mass is 10.2. The second-order valence-electron chi connectivity index (χ2n) is 5.85. The van der Waals surface area contributed by atoms with E-state index in [-0.39, 0.29) is 0 Å². The van der Waals surface area contributed by atoms with Crippen LogP contribution in [0.1, 0.15) is 12.7 Å². The van der Waals surface area contributed by atoms with Gasteiger partial charge in [-0.25, -0.2) is 9.67 Å². The van der Waals surface area contributed by atoms with Gasteiger partial charge in [-0.15, -0.1) is 5.10 Å². The lowest BCUT2D eigenvalue weighted by Crippen LogP contribution is -2.41. The summed E-state index contributed by atoms with van der Waals surface area (Å²) in [6, 6.07) is 13.2. The van der Waals surface area contributed by atoms with Crippen molar-refractivity contribution in [1.29, 1.82) is 5.26 Å². The Hall–Kier alpha value is -3.68. The van der Waals surface area contributed by atoms with Crippen molar-refractivity contribution in [1.82, 2.24) is 14.8 Å². The Morgan fingerprint density at radius 2 is 1.53 bits per heavy atom.